The number of benzene rings is 1. The Morgan fingerprint density at radius 1 is 1.30 bits per heavy atom. The second-order valence-electron chi connectivity index (χ2n) is 4.54. The Morgan fingerprint density at radius 3 is 2.75 bits per heavy atom. The molecule has 6 heteroatoms. The standard InChI is InChI=1S/C14H18F2N4/c1-3-13(11-6-5-10(15)7-12(11)16)17-8-14-19-18-9-20(14)4-2/h5-7,9,13,17H,3-4,8H2,1-2H3. The van der Waals surface area contributed by atoms with Gasteiger partial charge in [0.05, 0.1) is 6.54 Å². The van der Waals surface area contributed by atoms with E-state index in [1.807, 2.05) is 18.4 Å². The third-order valence-corrected chi connectivity index (χ3v) is 3.29. The van der Waals surface area contributed by atoms with E-state index in [2.05, 4.69) is 15.5 Å². The van der Waals surface area contributed by atoms with Gasteiger partial charge in [0.25, 0.3) is 0 Å². The molecule has 2 aromatic rings. The lowest BCUT2D eigenvalue weighted by atomic mass is 10.0. The van der Waals surface area contributed by atoms with E-state index in [1.54, 1.807) is 6.33 Å². The maximum atomic E-state index is 13.8. The van der Waals surface area contributed by atoms with Crippen molar-refractivity contribution in [3.8, 4) is 0 Å². The number of nitrogens with one attached hydrogen (secondary N) is 1. The highest BCUT2D eigenvalue weighted by Crippen LogP contribution is 2.21. The molecule has 1 aromatic heterocycles. The summed E-state index contributed by atoms with van der Waals surface area (Å²) in [5, 5.41) is 11.1. The van der Waals surface area contributed by atoms with E-state index in [0.717, 1.165) is 18.4 Å². The summed E-state index contributed by atoms with van der Waals surface area (Å²) in [6, 6.07) is 3.49. The number of aryl methyl sites for hydroxylation is 1. The van der Waals surface area contributed by atoms with Crippen LogP contribution in [0.15, 0.2) is 24.5 Å². The van der Waals surface area contributed by atoms with Gasteiger partial charge in [-0.25, -0.2) is 8.78 Å². The van der Waals surface area contributed by atoms with E-state index in [0.29, 0.717) is 18.5 Å². The number of nitrogens with zero attached hydrogens (tertiary/aromatic N) is 3. The van der Waals surface area contributed by atoms with E-state index in [9.17, 15) is 8.78 Å². The molecule has 0 aliphatic rings. The Balaban J connectivity index is 2.09. The molecule has 1 heterocycles. The first kappa shape index (κ1) is 14.6. The molecule has 1 atom stereocenters. The number of halogens is 2. The van der Waals surface area contributed by atoms with Gasteiger partial charge in [-0.2, -0.15) is 0 Å². The minimum Gasteiger partial charge on any atom is -0.317 e. The second kappa shape index (κ2) is 6.56. The molecule has 4 nitrogen and oxygen atoms in total. The summed E-state index contributed by atoms with van der Waals surface area (Å²) in [5.74, 6) is -0.290. The fourth-order valence-corrected chi connectivity index (χ4v) is 2.15. The second-order valence-corrected chi connectivity index (χ2v) is 4.54. The van der Waals surface area contributed by atoms with Gasteiger partial charge >= 0.3 is 0 Å². The first-order valence-corrected chi connectivity index (χ1v) is 6.70. The molecule has 108 valence electrons. The highest BCUT2D eigenvalue weighted by molar-refractivity contribution is 5.22. The lowest BCUT2D eigenvalue weighted by Gasteiger charge is -2.18. The van der Waals surface area contributed by atoms with E-state index in [4.69, 9.17) is 0 Å². The maximum Gasteiger partial charge on any atom is 0.146 e. The molecule has 0 aliphatic carbocycles. The smallest absolute Gasteiger partial charge is 0.146 e. The normalized spacial score (nSPS) is 12.6. The minimum atomic E-state index is -0.563. The van der Waals surface area contributed by atoms with Crippen molar-refractivity contribution in [3.63, 3.8) is 0 Å². The summed E-state index contributed by atoms with van der Waals surface area (Å²) in [7, 11) is 0. The molecule has 0 radical (unpaired) electrons. The molecule has 2 rings (SSSR count). The van der Waals surface area contributed by atoms with Gasteiger partial charge in [-0.15, -0.1) is 10.2 Å². The van der Waals surface area contributed by atoms with Crippen molar-refractivity contribution >= 4 is 0 Å². The van der Waals surface area contributed by atoms with Crippen LogP contribution in [0.3, 0.4) is 0 Å². The van der Waals surface area contributed by atoms with Gasteiger partial charge in [-0.3, -0.25) is 0 Å². The summed E-state index contributed by atoms with van der Waals surface area (Å²) >= 11 is 0. The molecular formula is C14H18F2N4. The quantitative estimate of drug-likeness (QED) is 0.884. The summed E-state index contributed by atoms with van der Waals surface area (Å²) in [4.78, 5) is 0. The fourth-order valence-electron chi connectivity index (χ4n) is 2.15. The molecule has 1 aromatic carbocycles. The Kier molecular flexibility index (Phi) is 4.79. The summed E-state index contributed by atoms with van der Waals surface area (Å²) in [6.45, 7) is 5.23. The van der Waals surface area contributed by atoms with Crippen LogP contribution in [-0.2, 0) is 13.1 Å². The average Bonchev–Trinajstić information content (AvgIpc) is 2.88. The van der Waals surface area contributed by atoms with Gasteiger partial charge in [-0.1, -0.05) is 13.0 Å². The topological polar surface area (TPSA) is 42.7 Å². The fraction of sp³-hybridized carbons (Fsp3) is 0.429. The van der Waals surface area contributed by atoms with Gasteiger partial charge in [0.2, 0.25) is 0 Å². The van der Waals surface area contributed by atoms with Crippen molar-refractivity contribution in [2.45, 2.75) is 39.4 Å². The molecule has 1 unspecified atom stereocenters. The summed E-state index contributed by atoms with van der Waals surface area (Å²) in [6.07, 6.45) is 2.36. The predicted octanol–water partition coefficient (Wildman–Crippen LogP) is 2.82. The van der Waals surface area contributed by atoms with E-state index in [-0.39, 0.29) is 6.04 Å². The maximum absolute atomic E-state index is 13.8. The van der Waals surface area contributed by atoms with Crippen LogP contribution in [0.2, 0.25) is 0 Å². The zero-order valence-corrected chi connectivity index (χ0v) is 11.6. The molecule has 0 spiro atoms. The van der Waals surface area contributed by atoms with Crippen LogP contribution in [0.5, 0.6) is 0 Å². The van der Waals surface area contributed by atoms with Crippen LogP contribution < -0.4 is 5.32 Å². The number of hydrogen-bond acceptors (Lipinski definition) is 3. The molecular weight excluding hydrogens is 262 g/mol. The van der Waals surface area contributed by atoms with Gasteiger partial charge in [0, 0.05) is 24.2 Å². The number of hydrogen-bond donors (Lipinski definition) is 1. The van der Waals surface area contributed by atoms with E-state index in [1.165, 1.54) is 12.1 Å². The molecule has 0 aliphatic heterocycles. The summed E-state index contributed by atoms with van der Waals surface area (Å²) < 4.78 is 28.6. The van der Waals surface area contributed by atoms with Crippen LogP contribution in [0.25, 0.3) is 0 Å². The monoisotopic (exact) mass is 280 g/mol. The zero-order chi connectivity index (χ0) is 14.5. The van der Waals surface area contributed by atoms with E-state index < -0.39 is 11.6 Å². The largest absolute Gasteiger partial charge is 0.317 e. The SMILES string of the molecule is CCC(NCc1nncn1CC)c1ccc(F)cc1F. The molecule has 0 amide bonds. The number of rotatable bonds is 6. The van der Waals surface area contributed by atoms with Crippen LogP contribution in [0.1, 0.15) is 37.7 Å². The number of aromatic nitrogens is 3. The van der Waals surface area contributed by atoms with Crippen LogP contribution in [0.4, 0.5) is 8.78 Å². The van der Waals surface area contributed by atoms with E-state index >= 15 is 0 Å². The van der Waals surface area contributed by atoms with Crippen LogP contribution in [-0.4, -0.2) is 14.8 Å². The molecule has 0 fully saturated rings. The van der Waals surface area contributed by atoms with Gasteiger partial charge in [0.15, 0.2) is 0 Å². The highest BCUT2D eigenvalue weighted by atomic mass is 19.1. The molecule has 20 heavy (non-hydrogen) atoms. The van der Waals surface area contributed by atoms with Crippen LogP contribution in [0, 0.1) is 11.6 Å². The van der Waals surface area contributed by atoms with Gasteiger partial charge < -0.3 is 9.88 Å². The zero-order valence-electron chi connectivity index (χ0n) is 11.6. The predicted molar refractivity (Wildman–Crippen MR) is 71.9 cm³/mol. The van der Waals surface area contributed by atoms with Gasteiger partial charge in [0.1, 0.15) is 23.8 Å². The van der Waals surface area contributed by atoms with Crippen LogP contribution >= 0.6 is 0 Å². The third-order valence-electron chi connectivity index (χ3n) is 3.29. The Morgan fingerprint density at radius 2 is 2.10 bits per heavy atom. The Hall–Kier alpha value is -1.82. The highest BCUT2D eigenvalue weighted by Gasteiger charge is 2.15. The molecule has 1 N–H and O–H groups in total. The van der Waals surface area contributed by atoms with Crippen molar-refractivity contribution in [2.75, 3.05) is 0 Å². The lowest BCUT2D eigenvalue weighted by molar-refractivity contribution is 0.469. The molecule has 0 saturated carbocycles. The summed E-state index contributed by atoms with van der Waals surface area (Å²) in [5.41, 5.74) is 0.469. The first-order chi connectivity index (χ1) is 9.65. The van der Waals surface area contributed by atoms with Crippen molar-refractivity contribution in [1.82, 2.24) is 20.1 Å². The van der Waals surface area contributed by atoms with Crippen molar-refractivity contribution in [1.29, 1.82) is 0 Å². The van der Waals surface area contributed by atoms with Crippen molar-refractivity contribution in [3.05, 3.63) is 47.5 Å². The Labute approximate surface area is 116 Å². The van der Waals surface area contributed by atoms with Crippen molar-refractivity contribution in [2.24, 2.45) is 0 Å². The minimum absolute atomic E-state index is 0.183. The third kappa shape index (κ3) is 3.19. The van der Waals surface area contributed by atoms with Crippen molar-refractivity contribution < 1.29 is 8.78 Å². The molecule has 0 saturated heterocycles. The molecule has 0 bridgehead atoms. The Bertz CT molecular complexity index is 568. The first-order valence-electron chi connectivity index (χ1n) is 6.70. The lowest BCUT2D eigenvalue weighted by Crippen LogP contribution is -2.23. The average molecular weight is 280 g/mol. The van der Waals surface area contributed by atoms with Gasteiger partial charge in [-0.05, 0) is 19.4 Å².